The van der Waals surface area contributed by atoms with Gasteiger partial charge in [0.25, 0.3) is 11.6 Å². The number of benzene rings is 1. The summed E-state index contributed by atoms with van der Waals surface area (Å²) >= 11 is 3.02. The minimum Gasteiger partial charge on any atom is -0.394 e. The number of carbonyl (C=O) groups excluding carboxylic acids is 1. The maximum atomic E-state index is 11.9. The van der Waals surface area contributed by atoms with Crippen LogP contribution in [0.5, 0.6) is 0 Å². The van der Waals surface area contributed by atoms with Crippen LogP contribution >= 0.6 is 15.9 Å². The van der Waals surface area contributed by atoms with E-state index in [1.165, 1.54) is 19.1 Å². The van der Waals surface area contributed by atoms with E-state index >= 15 is 0 Å². The van der Waals surface area contributed by atoms with Gasteiger partial charge in [0.15, 0.2) is 0 Å². The summed E-state index contributed by atoms with van der Waals surface area (Å²) in [5.41, 5.74) is -1.34. The van der Waals surface area contributed by atoms with Crippen molar-refractivity contribution in [3.63, 3.8) is 0 Å². The molecule has 0 heterocycles. The van der Waals surface area contributed by atoms with Crippen molar-refractivity contribution in [2.45, 2.75) is 12.5 Å². The first-order valence-corrected chi connectivity index (χ1v) is 6.10. The van der Waals surface area contributed by atoms with Crippen molar-refractivity contribution in [2.75, 3.05) is 13.2 Å². The van der Waals surface area contributed by atoms with Gasteiger partial charge in [0, 0.05) is 11.6 Å². The number of hydrogen-bond acceptors (Lipinski definition) is 5. The molecule has 1 aromatic rings. The lowest BCUT2D eigenvalue weighted by molar-refractivity contribution is -0.385. The van der Waals surface area contributed by atoms with Crippen LogP contribution in [-0.4, -0.2) is 39.8 Å². The molecule has 0 aliphatic carbocycles. The third-order valence-corrected chi connectivity index (χ3v) is 3.19. The molecule has 1 aromatic carbocycles. The lowest BCUT2D eigenvalue weighted by Crippen LogP contribution is -2.51. The van der Waals surface area contributed by atoms with Gasteiger partial charge in [-0.3, -0.25) is 14.9 Å². The molecule has 7 nitrogen and oxygen atoms in total. The molecular weight excluding hydrogens is 320 g/mol. The van der Waals surface area contributed by atoms with E-state index in [1.807, 2.05) is 0 Å². The van der Waals surface area contributed by atoms with Gasteiger partial charge < -0.3 is 15.5 Å². The highest BCUT2D eigenvalue weighted by molar-refractivity contribution is 9.10. The third-order valence-electron chi connectivity index (χ3n) is 2.52. The zero-order valence-electron chi connectivity index (χ0n) is 10.1. The molecule has 0 radical (unpaired) electrons. The summed E-state index contributed by atoms with van der Waals surface area (Å²) in [5, 5.41) is 31.3. The standard InChI is InChI=1S/C11H13BrN2O5/c1-11(5-15,6-16)13-10(17)7-2-3-8(12)9(4-7)14(18)19/h2-4,15-16H,5-6H2,1H3,(H,13,17). The van der Waals surface area contributed by atoms with Crippen LogP contribution in [0.4, 0.5) is 5.69 Å². The number of nitrogens with one attached hydrogen (secondary N) is 1. The fourth-order valence-corrected chi connectivity index (χ4v) is 1.66. The summed E-state index contributed by atoms with van der Waals surface area (Å²) in [6.45, 7) is 0.555. The van der Waals surface area contributed by atoms with Crippen molar-refractivity contribution in [3.8, 4) is 0 Å². The van der Waals surface area contributed by atoms with Crippen LogP contribution in [-0.2, 0) is 0 Å². The Morgan fingerprint density at radius 3 is 2.53 bits per heavy atom. The van der Waals surface area contributed by atoms with Crippen LogP contribution < -0.4 is 5.32 Å². The molecule has 0 saturated carbocycles. The SMILES string of the molecule is CC(CO)(CO)NC(=O)c1ccc(Br)c([N+](=O)[O-])c1. The van der Waals surface area contributed by atoms with Crippen LogP contribution in [0.25, 0.3) is 0 Å². The molecule has 0 saturated heterocycles. The molecule has 0 aliphatic rings. The van der Waals surface area contributed by atoms with Gasteiger partial charge in [-0.15, -0.1) is 0 Å². The Kier molecular flexibility index (Phi) is 4.98. The van der Waals surface area contributed by atoms with Gasteiger partial charge in [0.05, 0.1) is 28.1 Å². The molecule has 0 aromatic heterocycles. The van der Waals surface area contributed by atoms with Gasteiger partial charge >= 0.3 is 0 Å². The minimum absolute atomic E-state index is 0.0722. The minimum atomic E-state index is -1.18. The molecule has 19 heavy (non-hydrogen) atoms. The Balaban J connectivity index is 3.01. The van der Waals surface area contributed by atoms with Crippen molar-refractivity contribution in [2.24, 2.45) is 0 Å². The molecule has 8 heteroatoms. The number of nitrogens with zero attached hydrogens (tertiary/aromatic N) is 1. The molecule has 1 rings (SSSR count). The number of halogens is 1. The third kappa shape index (κ3) is 3.72. The van der Waals surface area contributed by atoms with E-state index in [1.54, 1.807) is 0 Å². The van der Waals surface area contributed by atoms with E-state index in [2.05, 4.69) is 21.2 Å². The molecule has 0 fully saturated rings. The lowest BCUT2D eigenvalue weighted by atomic mass is 10.0. The highest BCUT2D eigenvalue weighted by Crippen LogP contribution is 2.25. The van der Waals surface area contributed by atoms with E-state index in [0.717, 1.165) is 6.07 Å². The predicted octanol–water partition coefficient (Wildman–Crippen LogP) is 0.830. The second-order valence-corrected chi connectivity index (χ2v) is 5.11. The monoisotopic (exact) mass is 332 g/mol. The Labute approximate surface area is 117 Å². The first kappa shape index (κ1) is 15.5. The average Bonchev–Trinajstić information content (AvgIpc) is 2.38. The van der Waals surface area contributed by atoms with Crippen molar-refractivity contribution < 1.29 is 19.9 Å². The summed E-state index contributed by atoms with van der Waals surface area (Å²) in [4.78, 5) is 22.0. The van der Waals surface area contributed by atoms with Gasteiger partial charge in [-0.05, 0) is 35.0 Å². The fraction of sp³-hybridized carbons (Fsp3) is 0.364. The average molecular weight is 333 g/mol. The Morgan fingerprint density at radius 2 is 2.05 bits per heavy atom. The summed E-state index contributed by atoms with van der Waals surface area (Å²) in [7, 11) is 0. The van der Waals surface area contributed by atoms with Gasteiger partial charge in [-0.1, -0.05) is 0 Å². The van der Waals surface area contributed by atoms with Crippen molar-refractivity contribution in [1.29, 1.82) is 0 Å². The second-order valence-electron chi connectivity index (χ2n) is 4.25. The summed E-state index contributed by atoms with van der Waals surface area (Å²) < 4.78 is 0.265. The first-order valence-electron chi connectivity index (χ1n) is 5.31. The van der Waals surface area contributed by atoms with E-state index in [-0.39, 0.29) is 15.7 Å². The maximum Gasteiger partial charge on any atom is 0.284 e. The molecule has 1 amide bonds. The molecule has 3 N–H and O–H groups in total. The number of hydrogen-bond donors (Lipinski definition) is 3. The second kappa shape index (κ2) is 6.09. The van der Waals surface area contributed by atoms with Crippen molar-refractivity contribution in [1.82, 2.24) is 5.32 Å². The van der Waals surface area contributed by atoms with Gasteiger partial charge in [-0.2, -0.15) is 0 Å². The predicted molar refractivity (Wildman–Crippen MR) is 70.8 cm³/mol. The van der Waals surface area contributed by atoms with Crippen molar-refractivity contribution in [3.05, 3.63) is 38.3 Å². The molecule has 0 bridgehead atoms. The molecular formula is C11H13BrN2O5. The van der Waals surface area contributed by atoms with E-state index in [9.17, 15) is 14.9 Å². The number of nitro groups is 1. The zero-order chi connectivity index (χ0) is 14.6. The zero-order valence-corrected chi connectivity index (χ0v) is 11.7. The Hall–Kier alpha value is -1.51. The Bertz CT molecular complexity index is 502. The van der Waals surface area contributed by atoms with Crippen LogP contribution in [0, 0.1) is 10.1 Å². The fourth-order valence-electron chi connectivity index (χ4n) is 1.27. The van der Waals surface area contributed by atoms with E-state index in [4.69, 9.17) is 10.2 Å². The maximum absolute atomic E-state index is 11.9. The lowest BCUT2D eigenvalue weighted by Gasteiger charge is -2.26. The summed E-state index contributed by atoms with van der Waals surface area (Å²) in [5.74, 6) is -0.610. The smallest absolute Gasteiger partial charge is 0.284 e. The quantitative estimate of drug-likeness (QED) is 0.546. The highest BCUT2D eigenvalue weighted by atomic mass is 79.9. The molecule has 0 aliphatic heterocycles. The number of rotatable bonds is 5. The number of nitro benzene ring substituents is 1. The number of aliphatic hydroxyl groups is 2. The first-order chi connectivity index (χ1) is 8.83. The van der Waals surface area contributed by atoms with Crippen LogP contribution in [0.3, 0.4) is 0 Å². The van der Waals surface area contributed by atoms with Gasteiger partial charge in [-0.25, -0.2) is 0 Å². The molecule has 0 spiro atoms. The van der Waals surface area contributed by atoms with Crippen LogP contribution in [0.15, 0.2) is 22.7 Å². The topological polar surface area (TPSA) is 113 Å². The molecule has 0 atom stereocenters. The summed E-state index contributed by atoms with van der Waals surface area (Å²) in [6.07, 6.45) is 0. The van der Waals surface area contributed by atoms with Gasteiger partial charge in [0.1, 0.15) is 0 Å². The largest absolute Gasteiger partial charge is 0.394 e. The van der Waals surface area contributed by atoms with E-state index in [0.29, 0.717) is 0 Å². The van der Waals surface area contributed by atoms with Gasteiger partial charge in [0.2, 0.25) is 0 Å². The number of amides is 1. The molecule has 104 valence electrons. The van der Waals surface area contributed by atoms with Crippen LogP contribution in [0.2, 0.25) is 0 Å². The summed E-state index contributed by atoms with van der Waals surface area (Å²) in [6, 6.07) is 3.92. The Morgan fingerprint density at radius 1 is 1.47 bits per heavy atom. The van der Waals surface area contributed by atoms with E-state index < -0.39 is 29.6 Å². The number of carbonyl (C=O) groups is 1. The van der Waals surface area contributed by atoms with Crippen molar-refractivity contribution >= 4 is 27.5 Å². The van der Waals surface area contributed by atoms with Crippen LogP contribution in [0.1, 0.15) is 17.3 Å². The highest BCUT2D eigenvalue weighted by Gasteiger charge is 2.26. The number of aliphatic hydroxyl groups excluding tert-OH is 2. The molecule has 0 unspecified atom stereocenters. The normalized spacial score (nSPS) is 11.2.